The lowest BCUT2D eigenvalue weighted by Crippen LogP contribution is -2.31. The number of carbonyl (C=O) groups excluding carboxylic acids is 2. The quantitative estimate of drug-likeness (QED) is 0.817. The summed E-state index contributed by atoms with van der Waals surface area (Å²) in [5.74, 6) is 0.809. The first-order chi connectivity index (χ1) is 9.06. The van der Waals surface area contributed by atoms with E-state index in [2.05, 4.69) is 5.32 Å². The molecule has 0 aliphatic carbocycles. The number of hydrogen-bond acceptors (Lipinski definition) is 5. The summed E-state index contributed by atoms with van der Waals surface area (Å²) in [6, 6.07) is 4.68. The van der Waals surface area contributed by atoms with Gasteiger partial charge in [0, 0.05) is 13.1 Å². The van der Waals surface area contributed by atoms with Crippen molar-refractivity contribution < 1.29 is 19.1 Å². The number of carbonyl (C=O) groups is 2. The van der Waals surface area contributed by atoms with Gasteiger partial charge in [0.2, 0.25) is 5.91 Å². The van der Waals surface area contributed by atoms with Crippen LogP contribution >= 0.6 is 0 Å². The smallest absolute Gasteiger partial charge is 0.251 e. The summed E-state index contributed by atoms with van der Waals surface area (Å²) in [4.78, 5) is 24.4. The summed E-state index contributed by atoms with van der Waals surface area (Å²) in [6.07, 6.45) is 0.149. The lowest BCUT2D eigenvalue weighted by Gasteiger charge is -2.16. The zero-order valence-electron chi connectivity index (χ0n) is 11.1. The van der Waals surface area contributed by atoms with Crippen LogP contribution in [-0.2, 0) is 9.59 Å². The van der Waals surface area contributed by atoms with Gasteiger partial charge in [0.15, 0.2) is 0 Å². The molecule has 1 heterocycles. The highest BCUT2D eigenvalue weighted by atomic mass is 16.5. The Morgan fingerprint density at radius 2 is 2.00 bits per heavy atom. The molecule has 102 valence electrons. The molecular weight excluding hydrogens is 248 g/mol. The number of anilines is 1. The van der Waals surface area contributed by atoms with E-state index in [9.17, 15) is 9.59 Å². The first-order valence-corrected chi connectivity index (χ1v) is 5.85. The molecule has 1 saturated heterocycles. The third kappa shape index (κ3) is 2.47. The second-order valence-corrected chi connectivity index (χ2v) is 4.26. The van der Waals surface area contributed by atoms with E-state index in [1.54, 1.807) is 32.4 Å². The summed E-state index contributed by atoms with van der Waals surface area (Å²) >= 11 is 0. The van der Waals surface area contributed by atoms with Crippen molar-refractivity contribution in [2.45, 2.75) is 12.5 Å². The van der Waals surface area contributed by atoms with Crippen LogP contribution in [0.4, 0.5) is 5.69 Å². The first kappa shape index (κ1) is 13.2. The number of likely N-dealkylation sites (tertiary alicyclic amines) is 1. The number of hydrogen-bond donors (Lipinski definition) is 1. The number of ether oxygens (including phenoxy) is 2. The van der Waals surface area contributed by atoms with E-state index in [0.717, 1.165) is 4.90 Å². The molecule has 1 fully saturated rings. The average Bonchev–Trinajstić information content (AvgIpc) is 2.66. The molecule has 0 aromatic heterocycles. The molecule has 1 unspecified atom stereocenters. The lowest BCUT2D eigenvalue weighted by atomic mass is 10.2. The SMILES string of the molecule is COc1ccc(OC)c(NC2CC(=O)N(C)C2=O)c1. The van der Waals surface area contributed by atoms with Crippen LogP contribution in [0.1, 0.15) is 6.42 Å². The van der Waals surface area contributed by atoms with Gasteiger partial charge in [0.25, 0.3) is 5.91 Å². The Hall–Kier alpha value is -2.24. The molecule has 2 rings (SSSR count). The Balaban J connectivity index is 2.23. The van der Waals surface area contributed by atoms with Crippen molar-refractivity contribution >= 4 is 17.5 Å². The van der Waals surface area contributed by atoms with Crippen molar-refractivity contribution in [3.8, 4) is 11.5 Å². The fourth-order valence-corrected chi connectivity index (χ4v) is 1.98. The molecule has 0 saturated carbocycles. The molecule has 0 spiro atoms. The molecule has 1 atom stereocenters. The number of nitrogens with one attached hydrogen (secondary N) is 1. The van der Waals surface area contributed by atoms with Gasteiger partial charge in [-0.3, -0.25) is 14.5 Å². The minimum atomic E-state index is -0.557. The first-order valence-electron chi connectivity index (χ1n) is 5.85. The molecule has 1 N–H and O–H groups in total. The maximum Gasteiger partial charge on any atom is 0.251 e. The average molecular weight is 264 g/mol. The van der Waals surface area contributed by atoms with Crippen LogP contribution in [0.25, 0.3) is 0 Å². The van der Waals surface area contributed by atoms with Crippen molar-refractivity contribution in [2.75, 3.05) is 26.6 Å². The number of nitrogens with zero attached hydrogens (tertiary/aromatic N) is 1. The van der Waals surface area contributed by atoms with Gasteiger partial charge in [-0.05, 0) is 12.1 Å². The highest BCUT2D eigenvalue weighted by Crippen LogP contribution is 2.30. The predicted octanol–water partition coefficient (Wildman–Crippen LogP) is 0.873. The van der Waals surface area contributed by atoms with Gasteiger partial charge in [-0.2, -0.15) is 0 Å². The molecule has 1 aliphatic heterocycles. The Bertz CT molecular complexity index is 515. The molecule has 2 amide bonds. The topological polar surface area (TPSA) is 67.9 Å². The van der Waals surface area contributed by atoms with Crippen LogP contribution in [0.2, 0.25) is 0 Å². The Morgan fingerprint density at radius 3 is 2.53 bits per heavy atom. The molecule has 6 heteroatoms. The maximum absolute atomic E-state index is 11.8. The second kappa shape index (κ2) is 5.17. The molecule has 1 aromatic carbocycles. The molecule has 0 bridgehead atoms. The van der Waals surface area contributed by atoms with Crippen LogP contribution in [0.15, 0.2) is 18.2 Å². The van der Waals surface area contributed by atoms with Gasteiger partial charge in [0.05, 0.1) is 26.3 Å². The highest BCUT2D eigenvalue weighted by molar-refractivity contribution is 6.06. The number of methoxy groups -OCH3 is 2. The van der Waals surface area contributed by atoms with Crippen LogP contribution in [-0.4, -0.2) is 44.0 Å². The van der Waals surface area contributed by atoms with E-state index in [0.29, 0.717) is 17.2 Å². The van der Waals surface area contributed by atoms with Crippen LogP contribution in [0.5, 0.6) is 11.5 Å². The van der Waals surface area contributed by atoms with E-state index < -0.39 is 6.04 Å². The zero-order chi connectivity index (χ0) is 14.0. The predicted molar refractivity (Wildman–Crippen MR) is 69.4 cm³/mol. The standard InChI is InChI=1S/C13H16N2O4/c1-15-12(16)7-10(13(15)17)14-9-6-8(18-2)4-5-11(9)19-3/h4-6,10,14H,7H2,1-3H3. The molecule has 0 radical (unpaired) electrons. The summed E-state index contributed by atoms with van der Waals surface area (Å²) in [5.41, 5.74) is 0.628. The van der Waals surface area contributed by atoms with Crippen molar-refractivity contribution in [1.29, 1.82) is 0 Å². The second-order valence-electron chi connectivity index (χ2n) is 4.26. The van der Waals surface area contributed by atoms with E-state index in [-0.39, 0.29) is 18.2 Å². The van der Waals surface area contributed by atoms with Gasteiger partial charge >= 0.3 is 0 Å². The van der Waals surface area contributed by atoms with E-state index >= 15 is 0 Å². The molecule has 1 aromatic rings. The van der Waals surface area contributed by atoms with Crippen LogP contribution < -0.4 is 14.8 Å². The normalized spacial score (nSPS) is 18.7. The fraction of sp³-hybridized carbons (Fsp3) is 0.385. The summed E-state index contributed by atoms with van der Waals surface area (Å²) < 4.78 is 10.3. The Morgan fingerprint density at radius 1 is 1.26 bits per heavy atom. The van der Waals surface area contributed by atoms with Gasteiger partial charge in [-0.15, -0.1) is 0 Å². The maximum atomic E-state index is 11.8. The highest BCUT2D eigenvalue weighted by Gasteiger charge is 2.36. The van der Waals surface area contributed by atoms with Gasteiger partial charge in [-0.25, -0.2) is 0 Å². The van der Waals surface area contributed by atoms with E-state index in [1.165, 1.54) is 7.05 Å². The summed E-state index contributed by atoms with van der Waals surface area (Å²) in [7, 11) is 4.58. The zero-order valence-corrected chi connectivity index (χ0v) is 11.1. The summed E-state index contributed by atoms with van der Waals surface area (Å²) in [6.45, 7) is 0. The largest absolute Gasteiger partial charge is 0.497 e. The monoisotopic (exact) mass is 264 g/mol. The van der Waals surface area contributed by atoms with Crippen molar-refractivity contribution in [3.63, 3.8) is 0 Å². The third-order valence-corrected chi connectivity index (χ3v) is 3.12. The number of benzene rings is 1. The number of rotatable bonds is 4. The van der Waals surface area contributed by atoms with Crippen molar-refractivity contribution in [3.05, 3.63) is 18.2 Å². The molecular formula is C13H16N2O4. The molecule has 6 nitrogen and oxygen atoms in total. The van der Waals surface area contributed by atoms with E-state index in [1.807, 2.05) is 0 Å². The minimum absolute atomic E-state index is 0.149. The van der Waals surface area contributed by atoms with Crippen molar-refractivity contribution in [2.24, 2.45) is 0 Å². The number of amides is 2. The molecule has 19 heavy (non-hydrogen) atoms. The van der Waals surface area contributed by atoms with Gasteiger partial charge in [0.1, 0.15) is 17.5 Å². The van der Waals surface area contributed by atoms with Gasteiger partial charge < -0.3 is 14.8 Å². The van der Waals surface area contributed by atoms with Crippen LogP contribution in [0, 0.1) is 0 Å². The van der Waals surface area contributed by atoms with E-state index in [4.69, 9.17) is 9.47 Å². The number of likely N-dealkylation sites (N-methyl/N-ethyl adjacent to an activating group) is 1. The van der Waals surface area contributed by atoms with Crippen molar-refractivity contribution in [1.82, 2.24) is 4.90 Å². The Labute approximate surface area is 111 Å². The number of imide groups is 1. The minimum Gasteiger partial charge on any atom is -0.497 e. The van der Waals surface area contributed by atoms with Crippen LogP contribution in [0.3, 0.4) is 0 Å². The summed E-state index contributed by atoms with van der Waals surface area (Å²) in [5, 5.41) is 3.03. The van der Waals surface area contributed by atoms with Gasteiger partial charge in [-0.1, -0.05) is 0 Å². The fourth-order valence-electron chi connectivity index (χ4n) is 1.98. The molecule has 1 aliphatic rings. The third-order valence-electron chi connectivity index (χ3n) is 3.12. The Kier molecular flexibility index (Phi) is 3.59. The lowest BCUT2D eigenvalue weighted by molar-refractivity contribution is -0.136.